The van der Waals surface area contributed by atoms with Gasteiger partial charge in [-0.1, -0.05) is 170 Å². The lowest BCUT2D eigenvalue weighted by molar-refractivity contribution is -0.176. The zero-order valence-electron chi connectivity index (χ0n) is 34.3. The molecule has 0 unspecified atom stereocenters. The minimum Gasteiger partial charge on any atom is -0.341 e. The molecule has 0 amide bonds. The van der Waals surface area contributed by atoms with Crippen LogP contribution in [-0.4, -0.2) is 18.0 Å². The highest BCUT2D eigenvalue weighted by atomic mass is 31.2. The van der Waals surface area contributed by atoms with Crippen molar-refractivity contribution < 1.29 is 40.8 Å². The fraction of sp³-hybridized carbons (Fsp3) is 0.176. The molecular formula is C51H44F3NO6P2. The molecule has 320 valence electrons. The van der Waals surface area contributed by atoms with Crippen LogP contribution in [0.4, 0.5) is 13.2 Å². The van der Waals surface area contributed by atoms with E-state index in [1.807, 2.05) is 121 Å². The summed E-state index contributed by atoms with van der Waals surface area (Å²) < 4.78 is 106. The molecule has 9 rings (SSSR count). The average Bonchev–Trinajstić information content (AvgIpc) is 3.61. The molecule has 0 radical (unpaired) electrons. The Morgan fingerprint density at radius 1 is 0.524 bits per heavy atom. The molecule has 2 aliphatic rings. The van der Waals surface area contributed by atoms with Gasteiger partial charge in [-0.25, -0.2) is 5.09 Å². The van der Waals surface area contributed by atoms with E-state index in [9.17, 15) is 13.2 Å². The Labute approximate surface area is 364 Å². The van der Waals surface area contributed by atoms with Crippen molar-refractivity contribution in [2.75, 3.05) is 0 Å². The van der Waals surface area contributed by atoms with E-state index in [-0.39, 0.29) is 5.56 Å². The minimum atomic E-state index is -5.11. The predicted octanol–water partition coefficient (Wildman–Crippen LogP) is 11.9. The lowest BCUT2D eigenvalue weighted by Crippen LogP contribution is -2.53. The lowest BCUT2D eigenvalue weighted by Gasteiger charge is -2.42. The molecule has 0 saturated carbocycles. The Balaban J connectivity index is 1.41. The van der Waals surface area contributed by atoms with E-state index in [1.165, 1.54) is 12.1 Å². The number of benzene rings is 7. The fourth-order valence-electron chi connectivity index (χ4n) is 8.86. The molecule has 2 saturated heterocycles. The number of ether oxygens (including phenoxy) is 2. The van der Waals surface area contributed by atoms with E-state index in [2.05, 4.69) is 5.09 Å². The SMILES string of the molecule is CC1(C)O[C@@H]2[C@@H](O1)C(c1ccccc1)(c1ccccc1)OP(=O)([C@@H](NP(=O)(c1ccccc1)c1ccccc1)c1ccc(C(F)(F)F)cc1)OC2(c1ccccc1)c1ccccc1. The van der Waals surface area contributed by atoms with Crippen molar-refractivity contribution in [1.29, 1.82) is 0 Å². The van der Waals surface area contributed by atoms with Gasteiger partial charge in [-0.3, -0.25) is 18.2 Å². The van der Waals surface area contributed by atoms with E-state index in [4.69, 9.17) is 18.5 Å². The second kappa shape index (κ2) is 16.6. The van der Waals surface area contributed by atoms with E-state index in [1.54, 1.807) is 74.5 Å². The number of rotatable bonds is 10. The highest BCUT2D eigenvalue weighted by molar-refractivity contribution is 7.77. The monoisotopic (exact) mass is 885 g/mol. The number of nitrogens with one attached hydrogen (secondary N) is 1. The summed E-state index contributed by atoms with van der Waals surface area (Å²) >= 11 is 0. The normalized spacial score (nSPS) is 20.5. The van der Waals surface area contributed by atoms with Gasteiger partial charge in [-0.2, -0.15) is 13.2 Å². The maximum Gasteiger partial charge on any atom is 0.416 e. The molecule has 0 spiro atoms. The molecule has 7 aromatic carbocycles. The summed E-state index contributed by atoms with van der Waals surface area (Å²) in [6, 6.07) is 58.5. The largest absolute Gasteiger partial charge is 0.416 e. The summed E-state index contributed by atoms with van der Waals surface area (Å²) in [6.45, 7) is 3.59. The highest BCUT2D eigenvalue weighted by Crippen LogP contribution is 2.74. The Morgan fingerprint density at radius 2 is 0.841 bits per heavy atom. The summed E-state index contributed by atoms with van der Waals surface area (Å²) in [4.78, 5) is 0. The molecule has 2 heterocycles. The standard InChI is InChI=1S/C51H44F3NO6P2/c1-48(2)58-45-46(59-48)50(40-25-13-5-14-26-40,41-27-15-6-16-28-41)61-63(57,60-49(45,38-21-9-3-10-22-38)39-23-11-4-12-24-39)47(37-33-35-42(36-34-37)51(52,53)54)55-62(56,43-29-17-7-18-30-43)44-31-19-8-20-32-44/h3-36,45-47H,1-2H3,(H,55,56)/t45-,46-,47-/m1/s1. The summed E-state index contributed by atoms with van der Waals surface area (Å²) in [5, 5.41) is 4.03. The smallest absolute Gasteiger partial charge is 0.341 e. The van der Waals surface area contributed by atoms with E-state index < -0.39 is 61.6 Å². The number of halogens is 3. The van der Waals surface area contributed by atoms with Crippen molar-refractivity contribution in [2.45, 2.75) is 55.0 Å². The Bertz CT molecular complexity index is 2520. The Hall–Kier alpha value is -5.41. The second-order valence-corrected chi connectivity index (χ2v) is 20.5. The van der Waals surface area contributed by atoms with Crippen LogP contribution in [0.15, 0.2) is 206 Å². The third-order valence-electron chi connectivity index (χ3n) is 11.7. The molecule has 63 heavy (non-hydrogen) atoms. The van der Waals surface area contributed by atoms with Crippen LogP contribution in [0.1, 0.15) is 53.0 Å². The van der Waals surface area contributed by atoms with Gasteiger partial charge in [0.05, 0.1) is 5.56 Å². The molecule has 12 heteroatoms. The minimum absolute atomic E-state index is 0.0673. The maximum absolute atomic E-state index is 17.5. The van der Waals surface area contributed by atoms with Crippen LogP contribution in [0.2, 0.25) is 0 Å². The molecular weight excluding hydrogens is 842 g/mol. The first-order valence-electron chi connectivity index (χ1n) is 20.5. The quantitative estimate of drug-likeness (QED) is 0.137. The molecule has 0 aliphatic carbocycles. The molecule has 0 bridgehead atoms. The van der Waals surface area contributed by atoms with Crippen molar-refractivity contribution in [3.8, 4) is 0 Å². The Kier molecular flexibility index (Phi) is 11.3. The van der Waals surface area contributed by atoms with Gasteiger partial charge in [0.15, 0.2) is 17.0 Å². The van der Waals surface area contributed by atoms with Crippen LogP contribution in [-0.2, 0) is 45.0 Å². The number of alkyl halides is 3. The molecule has 0 aromatic heterocycles. The van der Waals surface area contributed by atoms with Crippen molar-refractivity contribution in [3.63, 3.8) is 0 Å². The first kappa shape index (κ1) is 42.9. The zero-order chi connectivity index (χ0) is 43.9. The second-order valence-electron chi connectivity index (χ2n) is 16.1. The molecule has 1 N–H and O–H groups in total. The van der Waals surface area contributed by atoms with Gasteiger partial charge in [0.2, 0.25) is 7.29 Å². The topological polar surface area (TPSA) is 83.1 Å². The third kappa shape index (κ3) is 7.74. The van der Waals surface area contributed by atoms with Gasteiger partial charge in [-0.05, 0) is 78.1 Å². The van der Waals surface area contributed by atoms with Crippen LogP contribution in [0.3, 0.4) is 0 Å². The van der Waals surface area contributed by atoms with E-state index in [0.29, 0.717) is 32.9 Å². The van der Waals surface area contributed by atoms with Crippen LogP contribution in [0.5, 0.6) is 0 Å². The average molecular weight is 886 g/mol. The van der Waals surface area contributed by atoms with Crippen molar-refractivity contribution in [3.05, 3.63) is 240 Å². The first-order chi connectivity index (χ1) is 30.3. The lowest BCUT2D eigenvalue weighted by atomic mass is 9.72. The predicted molar refractivity (Wildman–Crippen MR) is 238 cm³/mol. The van der Waals surface area contributed by atoms with Gasteiger partial charge in [-0.15, -0.1) is 0 Å². The summed E-state index contributed by atoms with van der Waals surface area (Å²) in [5.74, 6) is -2.95. The van der Waals surface area contributed by atoms with Crippen molar-refractivity contribution >= 4 is 25.5 Å². The van der Waals surface area contributed by atoms with Gasteiger partial charge in [0.25, 0.3) is 0 Å². The Morgan fingerprint density at radius 3 is 1.16 bits per heavy atom. The van der Waals surface area contributed by atoms with E-state index >= 15 is 9.13 Å². The van der Waals surface area contributed by atoms with Crippen molar-refractivity contribution in [1.82, 2.24) is 5.09 Å². The van der Waals surface area contributed by atoms with Gasteiger partial charge in [0, 0.05) is 10.6 Å². The molecule has 2 aliphatic heterocycles. The van der Waals surface area contributed by atoms with E-state index in [0.717, 1.165) is 12.1 Å². The third-order valence-corrected chi connectivity index (χ3v) is 16.7. The first-order valence-corrected chi connectivity index (χ1v) is 23.9. The fourth-order valence-corrected chi connectivity index (χ4v) is 14.4. The number of hydrogen-bond donors (Lipinski definition) is 1. The zero-order valence-corrected chi connectivity index (χ0v) is 36.1. The summed E-state index contributed by atoms with van der Waals surface area (Å²) in [7, 11) is -9.20. The highest BCUT2D eigenvalue weighted by Gasteiger charge is 2.70. The van der Waals surface area contributed by atoms with Crippen molar-refractivity contribution in [2.24, 2.45) is 0 Å². The van der Waals surface area contributed by atoms with Gasteiger partial charge < -0.3 is 9.47 Å². The van der Waals surface area contributed by atoms with Gasteiger partial charge >= 0.3 is 13.8 Å². The van der Waals surface area contributed by atoms with Crippen LogP contribution >= 0.6 is 14.9 Å². The molecule has 3 atom stereocenters. The molecule has 2 fully saturated rings. The van der Waals surface area contributed by atoms with Crippen LogP contribution in [0, 0.1) is 0 Å². The van der Waals surface area contributed by atoms with Gasteiger partial charge in [0.1, 0.15) is 18.0 Å². The van der Waals surface area contributed by atoms with Crippen LogP contribution in [0.25, 0.3) is 0 Å². The molecule has 7 nitrogen and oxygen atoms in total. The number of fused-ring (bicyclic) bond motifs is 1. The number of hydrogen-bond acceptors (Lipinski definition) is 6. The maximum atomic E-state index is 17.5. The summed E-state index contributed by atoms with van der Waals surface area (Å²) in [5.41, 5.74) is -2.33. The van der Waals surface area contributed by atoms with Crippen LogP contribution < -0.4 is 15.7 Å². The summed E-state index contributed by atoms with van der Waals surface area (Å²) in [6.07, 6.45) is -6.91. The molecule has 7 aromatic rings.